The van der Waals surface area contributed by atoms with Crippen LogP contribution in [0.25, 0.3) is 0 Å². The van der Waals surface area contributed by atoms with Crippen LogP contribution in [-0.4, -0.2) is 52.5 Å². The fourth-order valence-corrected chi connectivity index (χ4v) is 3.68. The number of allylic oxidation sites excluding steroid dienone is 1. The van der Waals surface area contributed by atoms with Crippen molar-refractivity contribution < 1.29 is 4.79 Å². The highest BCUT2D eigenvalue weighted by molar-refractivity contribution is 7.97. The number of amides is 1. The van der Waals surface area contributed by atoms with E-state index in [-0.39, 0.29) is 11.1 Å². The highest BCUT2D eigenvalue weighted by Gasteiger charge is 2.19. The summed E-state index contributed by atoms with van der Waals surface area (Å²) < 4.78 is 2.02. The van der Waals surface area contributed by atoms with Gasteiger partial charge in [-0.1, -0.05) is 17.7 Å². The van der Waals surface area contributed by atoms with Gasteiger partial charge in [-0.25, -0.2) is 4.31 Å². The van der Waals surface area contributed by atoms with E-state index in [0.717, 1.165) is 16.3 Å². The van der Waals surface area contributed by atoms with E-state index < -0.39 is 0 Å². The monoisotopic (exact) mass is 446 g/mol. The molecule has 1 amide bonds. The van der Waals surface area contributed by atoms with Gasteiger partial charge in [0.05, 0.1) is 17.6 Å². The molecule has 2 aromatic rings. The van der Waals surface area contributed by atoms with E-state index in [4.69, 9.17) is 17.0 Å². The lowest BCUT2D eigenvalue weighted by atomic mass is 10.3. The summed E-state index contributed by atoms with van der Waals surface area (Å²) in [6, 6.07) is 11.7. The zero-order valence-electron chi connectivity index (χ0n) is 17.4. The maximum atomic E-state index is 12.8. The fourth-order valence-electron chi connectivity index (χ4n) is 2.66. The van der Waals surface area contributed by atoms with Crippen LogP contribution in [0.1, 0.15) is 13.3 Å². The molecule has 1 aromatic carbocycles. The van der Waals surface area contributed by atoms with Crippen LogP contribution in [-0.2, 0) is 4.79 Å². The van der Waals surface area contributed by atoms with E-state index in [1.54, 1.807) is 36.6 Å². The lowest BCUT2D eigenvalue weighted by molar-refractivity contribution is -0.128. The van der Waals surface area contributed by atoms with E-state index in [9.17, 15) is 4.79 Å². The van der Waals surface area contributed by atoms with Crippen LogP contribution in [0.3, 0.4) is 0 Å². The van der Waals surface area contributed by atoms with Gasteiger partial charge in [-0.3, -0.25) is 15.2 Å². The van der Waals surface area contributed by atoms with Crippen molar-refractivity contribution >= 4 is 46.0 Å². The average molecular weight is 447 g/mol. The average Bonchev–Trinajstić information content (AvgIpc) is 2.75. The van der Waals surface area contributed by atoms with Gasteiger partial charge in [0, 0.05) is 49.5 Å². The number of carbonyl (C=O) groups is 1. The van der Waals surface area contributed by atoms with Crippen molar-refractivity contribution in [3.8, 4) is 0 Å². The summed E-state index contributed by atoms with van der Waals surface area (Å²) in [6.07, 6.45) is 5.19. The first-order chi connectivity index (χ1) is 14.4. The Labute approximate surface area is 187 Å². The minimum Gasteiger partial charge on any atom is -0.388 e. The summed E-state index contributed by atoms with van der Waals surface area (Å²) in [5.41, 5.74) is 2.11. The van der Waals surface area contributed by atoms with Crippen LogP contribution >= 0.6 is 23.5 Å². The number of benzene rings is 1. The van der Waals surface area contributed by atoms with Crippen LogP contribution < -0.4 is 10.6 Å². The summed E-state index contributed by atoms with van der Waals surface area (Å²) in [4.78, 5) is 19.5. The number of pyridine rings is 1. The Balaban J connectivity index is 1.98. The van der Waals surface area contributed by atoms with Gasteiger partial charge in [0.2, 0.25) is 5.91 Å². The van der Waals surface area contributed by atoms with Gasteiger partial charge >= 0.3 is 0 Å². The quantitative estimate of drug-likeness (QED) is 0.349. The Morgan fingerprint density at radius 2 is 2.07 bits per heavy atom. The molecule has 1 heterocycles. The Morgan fingerprint density at radius 1 is 1.30 bits per heavy atom. The molecule has 0 unspecified atom stereocenters. The molecule has 160 valence electrons. The van der Waals surface area contributed by atoms with Crippen molar-refractivity contribution in [1.82, 2.24) is 14.2 Å². The van der Waals surface area contributed by atoms with Crippen LogP contribution in [0.2, 0.25) is 0 Å². The summed E-state index contributed by atoms with van der Waals surface area (Å²) in [7, 11) is 3.83. The summed E-state index contributed by atoms with van der Waals surface area (Å²) in [5, 5.41) is 13.8. The molecule has 30 heavy (non-hydrogen) atoms. The van der Waals surface area contributed by atoms with Crippen LogP contribution in [0.5, 0.6) is 0 Å². The standard InChI is InChI=1S/C21H27ClN6OS/c1-4-28(19(21(22)23)15-26-17-8-6-11-25-14-17)20(29)10-12-27(3)30-18-9-5-7-16(13-18)24-2/h5-9,11,13-15,23-24,26H,4,10,12H2,1-3H3/b19-15+,23-21?. The van der Waals surface area contributed by atoms with Gasteiger partial charge in [-0.15, -0.1) is 0 Å². The van der Waals surface area contributed by atoms with Gasteiger partial charge in [0.25, 0.3) is 0 Å². The number of hydrogen-bond acceptors (Lipinski definition) is 7. The molecular formula is C21H27ClN6OS. The molecule has 1 aromatic heterocycles. The van der Waals surface area contributed by atoms with Crippen molar-refractivity contribution in [3.63, 3.8) is 0 Å². The summed E-state index contributed by atoms with van der Waals surface area (Å²) in [6.45, 7) is 2.83. The van der Waals surface area contributed by atoms with Crippen molar-refractivity contribution in [2.24, 2.45) is 0 Å². The van der Waals surface area contributed by atoms with Crippen molar-refractivity contribution in [3.05, 3.63) is 60.7 Å². The normalized spacial score (nSPS) is 11.3. The Hall–Kier alpha value is -2.55. The molecule has 0 aliphatic heterocycles. The molecule has 3 N–H and O–H groups in total. The Morgan fingerprint density at radius 3 is 2.70 bits per heavy atom. The molecule has 2 rings (SSSR count). The molecule has 0 aliphatic rings. The topological polar surface area (TPSA) is 84.4 Å². The van der Waals surface area contributed by atoms with Gasteiger partial charge in [-0.05, 0) is 56.3 Å². The second kappa shape index (κ2) is 12.2. The second-order valence-corrected chi connectivity index (χ2v) is 7.99. The molecule has 0 fully saturated rings. The van der Waals surface area contributed by atoms with Gasteiger partial charge in [0.15, 0.2) is 0 Å². The van der Waals surface area contributed by atoms with E-state index in [2.05, 4.69) is 21.7 Å². The van der Waals surface area contributed by atoms with Gasteiger partial charge in [0.1, 0.15) is 5.17 Å². The number of halogens is 1. The lowest BCUT2D eigenvalue weighted by Crippen LogP contribution is -2.34. The lowest BCUT2D eigenvalue weighted by Gasteiger charge is -2.24. The first-order valence-electron chi connectivity index (χ1n) is 9.53. The van der Waals surface area contributed by atoms with Crippen LogP contribution in [0, 0.1) is 5.41 Å². The van der Waals surface area contributed by atoms with Gasteiger partial charge in [-0.2, -0.15) is 0 Å². The molecule has 0 atom stereocenters. The van der Waals surface area contributed by atoms with E-state index >= 15 is 0 Å². The zero-order chi connectivity index (χ0) is 21.9. The Kier molecular flexibility index (Phi) is 9.66. The molecule has 0 spiro atoms. The Bertz CT molecular complexity index is 877. The van der Waals surface area contributed by atoms with Crippen molar-refractivity contribution in [1.29, 1.82) is 5.41 Å². The number of aromatic nitrogens is 1. The molecule has 9 heteroatoms. The predicted molar refractivity (Wildman–Crippen MR) is 126 cm³/mol. The fraction of sp³-hybridized carbons (Fsp3) is 0.286. The number of nitrogens with one attached hydrogen (secondary N) is 3. The largest absolute Gasteiger partial charge is 0.388 e. The molecule has 0 radical (unpaired) electrons. The summed E-state index contributed by atoms with van der Waals surface area (Å²) in [5.74, 6) is -0.0986. The molecule has 0 aliphatic carbocycles. The molecule has 0 bridgehead atoms. The van der Waals surface area contributed by atoms with Crippen LogP contribution in [0.4, 0.5) is 11.4 Å². The maximum Gasteiger partial charge on any atom is 0.228 e. The van der Waals surface area contributed by atoms with E-state index in [1.807, 2.05) is 49.6 Å². The molecule has 7 nitrogen and oxygen atoms in total. The summed E-state index contributed by atoms with van der Waals surface area (Å²) >= 11 is 7.55. The number of rotatable bonds is 11. The second-order valence-electron chi connectivity index (χ2n) is 6.34. The number of carbonyl (C=O) groups excluding carboxylic acids is 1. The minimum atomic E-state index is -0.201. The third-order valence-corrected chi connectivity index (χ3v) is 5.35. The number of nitrogens with zero attached hydrogens (tertiary/aromatic N) is 3. The first-order valence-corrected chi connectivity index (χ1v) is 10.7. The third-order valence-electron chi connectivity index (χ3n) is 4.19. The molecule has 0 saturated heterocycles. The maximum absolute atomic E-state index is 12.8. The first kappa shape index (κ1) is 23.7. The smallest absolute Gasteiger partial charge is 0.228 e. The van der Waals surface area contributed by atoms with E-state index in [1.165, 1.54) is 4.90 Å². The van der Waals surface area contributed by atoms with E-state index in [0.29, 0.717) is 25.2 Å². The van der Waals surface area contributed by atoms with Crippen molar-refractivity contribution in [2.45, 2.75) is 18.2 Å². The highest BCUT2D eigenvalue weighted by Crippen LogP contribution is 2.24. The van der Waals surface area contributed by atoms with Gasteiger partial charge < -0.3 is 15.5 Å². The SMILES string of the molecule is CCN(C(=O)CCN(C)Sc1cccc(NC)c1)/C(=C/Nc1cccnc1)C(=N)Cl. The highest BCUT2D eigenvalue weighted by atomic mass is 35.5. The third kappa shape index (κ3) is 7.37. The molecule has 0 saturated carbocycles. The minimum absolute atomic E-state index is 0.0986. The van der Waals surface area contributed by atoms with Crippen molar-refractivity contribution in [2.75, 3.05) is 37.8 Å². The number of hydrogen-bond donors (Lipinski definition) is 3. The van der Waals surface area contributed by atoms with Crippen LogP contribution in [0.15, 0.2) is 65.6 Å². The zero-order valence-corrected chi connectivity index (χ0v) is 18.9. The predicted octanol–water partition coefficient (Wildman–Crippen LogP) is 4.47. The number of anilines is 2. The molecular weight excluding hydrogens is 420 g/mol.